The maximum Gasteiger partial charge on any atom is 0.287 e. The largest absolute Gasteiger partial charge is 0.456 e. The molecule has 6 heteroatoms. The summed E-state index contributed by atoms with van der Waals surface area (Å²) in [5.41, 5.74) is 0.953. The highest BCUT2D eigenvalue weighted by molar-refractivity contribution is 5.94. The van der Waals surface area contributed by atoms with Crippen molar-refractivity contribution in [3.8, 4) is 0 Å². The van der Waals surface area contributed by atoms with E-state index in [1.54, 1.807) is 36.9 Å². The maximum absolute atomic E-state index is 13.3. The van der Waals surface area contributed by atoms with E-state index >= 15 is 0 Å². The molecule has 132 valence electrons. The predicted octanol–water partition coefficient (Wildman–Crippen LogP) is 3.07. The van der Waals surface area contributed by atoms with Crippen LogP contribution in [0.2, 0.25) is 0 Å². The SMILES string of the molecule is Cc1ccc(C(=O)NC2CCN(C(=O)c3ccc(F)c(C)c3)CC2)o1. The predicted molar refractivity (Wildman–Crippen MR) is 91.0 cm³/mol. The Morgan fingerprint density at radius 1 is 1.16 bits per heavy atom. The number of halogens is 1. The molecule has 25 heavy (non-hydrogen) atoms. The lowest BCUT2D eigenvalue weighted by Crippen LogP contribution is -2.46. The first kappa shape index (κ1) is 17.2. The topological polar surface area (TPSA) is 62.6 Å². The average Bonchev–Trinajstić information content (AvgIpc) is 3.04. The minimum Gasteiger partial charge on any atom is -0.456 e. The number of amides is 2. The molecule has 1 aromatic carbocycles. The summed E-state index contributed by atoms with van der Waals surface area (Å²) < 4.78 is 18.7. The van der Waals surface area contributed by atoms with E-state index in [1.165, 1.54) is 12.1 Å². The number of furan rings is 1. The van der Waals surface area contributed by atoms with Crippen LogP contribution < -0.4 is 5.32 Å². The third-order valence-corrected chi connectivity index (χ3v) is 4.49. The number of carbonyl (C=O) groups is 2. The summed E-state index contributed by atoms with van der Waals surface area (Å²) in [5.74, 6) is 0.352. The Morgan fingerprint density at radius 3 is 2.48 bits per heavy atom. The molecule has 1 N–H and O–H groups in total. The van der Waals surface area contributed by atoms with Gasteiger partial charge in [-0.25, -0.2) is 4.39 Å². The molecule has 3 rings (SSSR count). The highest BCUT2D eigenvalue weighted by atomic mass is 19.1. The molecule has 1 aliphatic heterocycles. The van der Waals surface area contributed by atoms with Gasteiger partial charge in [-0.15, -0.1) is 0 Å². The van der Waals surface area contributed by atoms with Gasteiger partial charge in [0.05, 0.1) is 0 Å². The van der Waals surface area contributed by atoms with Crippen molar-refractivity contribution in [2.45, 2.75) is 32.7 Å². The molecule has 5 nitrogen and oxygen atoms in total. The highest BCUT2D eigenvalue weighted by Gasteiger charge is 2.25. The van der Waals surface area contributed by atoms with Crippen LogP contribution in [0.4, 0.5) is 4.39 Å². The van der Waals surface area contributed by atoms with Crippen LogP contribution in [-0.4, -0.2) is 35.8 Å². The molecule has 2 amide bonds. The standard InChI is InChI=1S/C19H21FN2O3/c1-12-11-14(4-5-16(12)20)19(24)22-9-7-15(8-10-22)21-18(23)17-6-3-13(2)25-17/h3-6,11,15H,7-10H2,1-2H3,(H,21,23). The minimum atomic E-state index is -0.314. The third kappa shape index (κ3) is 3.90. The summed E-state index contributed by atoms with van der Waals surface area (Å²) in [4.78, 5) is 26.4. The van der Waals surface area contributed by atoms with Crippen molar-refractivity contribution in [2.24, 2.45) is 0 Å². The van der Waals surface area contributed by atoms with E-state index in [1.807, 2.05) is 0 Å². The number of likely N-dealkylation sites (tertiary alicyclic amines) is 1. The van der Waals surface area contributed by atoms with Gasteiger partial charge in [0.15, 0.2) is 5.76 Å². The number of benzene rings is 1. The van der Waals surface area contributed by atoms with Crippen LogP contribution in [0.3, 0.4) is 0 Å². The molecule has 0 atom stereocenters. The highest BCUT2D eigenvalue weighted by Crippen LogP contribution is 2.17. The first-order valence-electron chi connectivity index (χ1n) is 8.37. The maximum atomic E-state index is 13.3. The molecule has 1 aromatic heterocycles. The van der Waals surface area contributed by atoms with Crippen molar-refractivity contribution >= 4 is 11.8 Å². The van der Waals surface area contributed by atoms with Crippen LogP contribution in [0.25, 0.3) is 0 Å². The Hall–Kier alpha value is -2.63. The van der Waals surface area contributed by atoms with Gasteiger partial charge in [-0.05, 0) is 62.6 Å². The zero-order valence-electron chi connectivity index (χ0n) is 14.3. The molecule has 1 fully saturated rings. The van der Waals surface area contributed by atoms with Crippen molar-refractivity contribution in [1.29, 1.82) is 0 Å². The molecule has 1 saturated heterocycles. The molecule has 0 saturated carbocycles. The van der Waals surface area contributed by atoms with E-state index in [0.717, 1.165) is 0 Å². The van der Waals surface area contributed by atoms with E-state index in [2.05, 4.69) is 5.32 Å². The number of hydrogen-bond acceptors (Lipinski definition) is 3. The molecule has 0 spiro atoms. The van der Waals surface area contributed by atoms with Gasteiger partial charge in [-0.1, -0.05) is 0 Å². The molecule has 0 bridgehead atoms. The quantitative estimate of drug-likeness (QED) is 0.931. The Kier molecular flexibility index (Phi) is 4.88. The number of nitrogens with zero attached hydrogens (tertiary/aromatic N) is 1. The van der Waals surface area contributed by atoms with Crippen molar-refractivity contribution in [2.75, 3.05) is 13.1 Å². The second-order valence-corrected chi connectivity index (χ2v) is 6.41. The molecule has 1 aliphatic rings. The number of rotatable bonds is 3. The Morgan fingerprint density at radius 2 is 1.88 bits per heavy atom. The van der Waals surface area contributed by atoms with Crippen LogP contribution >= 0.6 is 0 Å². The summed E-state index contributed by atoms with van der Waals surface area (Å²) in [6.45, 7) is 4.54. The fraction of sp³-hybridized carbons (Fsp3) is 0.368. The summed E-state index contributed by atoms with van der Waals surface area (Å²) in [7, 11) is 0. The van der Waals surface area contributed by atoms with Gasteiger partial charge in [0.1, 0.15) is 11.6 Å². The lowest BCUT2D eigenvalue weighted by atomic mass is 10.0. The van der Waals surface area contributed by atoms with Gasteiger partial charge in [0.25, 0.3) is 11.8 Å². The average molecular weight is 344 g/mol. The molecule has 2 heterocycles. The van der Waals surface area contributed by atoms with Gasteiger partial charge in [-0.2, -0.15) is 0 Å². The monoisotopic (exact) mass is 344 g/mol. The van der Waals surface area contributed by atoms with E-state index in [-0.39, 0.29) is 23.7 Å². The zero-order valence-corrected chi connectivity index (χ0v) is 14.3. The van der Waals surface area contributed by atoms with Gasteiger partial charge < -0.3 is 14.6 Å². The Labute approximate surface area is 145 Å². The van der Waals surface area contributed by atoms with Crippen molar-refractivity contribution in [3.63, 3.8) is 0 Å². The van der Waals surface area contributed by atoms with Crippen LogP contribution in [0.15, 0.2) is 34.7 Å². The summed E-state index contributed by atoms with van der Waals surface area (Å²) in [6, 6.07) is 7.82. The fourth-order valence-electron chi connectivity index (χ4n) is 3.00. The normalized spacial score (nSPS) is 15.2. The second kappa shape index (κ2) is 7.09. The zero-order chi connectivity index (χ0) is 18.0. The number of aryl methyl sites for hydroxylation is 2. The first-order chi connectivity index (χ1) is 11.9. The lowest BCUT2D eigenvalue weighted by Gasteiger charge is -2.32. The van der Waals surface area contributed by atoms with E-state index in [4.69, 9.17) is 4.42 Å². The number of piperidine rings is 1. The Bertz CT molecular complexity index is 792. The third-order valence-electron chi connectivity index (χ3n) is 4.49. The molecule has 2 aromatic rings. The fourth-order valence-corrected chi connectivity index (χ4v) is 3.00. The van der Waals surface area contributed by atoms with E-state index < -0.39 is 0 Å². The van der Waals surface area contributed by atoms with Crippen molar-refractivity contribution in [1.82, 2.24) is 10.2 Å². The molecular formula is C19H21FN2O3. The molecule has 0 unspecified atom stereocenters. The Balaban J connectivity index is 1.55. The number of nitrogens with one attached hydrogen (secondary N) is 1. The van der Waals surface area contributed by atoms with Crippen LogP contribution in [-0.2, 0) is 0 Å². The number of carbonyl (C=O) groups excluding carboxylic acids is 2. The minimum absolute atomic E-state index is 0.0110. The van der Waals surface area contributed by atoms with Crippen LogP contribution in [0.5, 0.6) is 0 Å². The van der Waals surface area contributed by atoms with E-state index in [9.17, 15) is 14.0 Å². The van der Waals surface area contributed by atoms with Crippen LogP contribution in [0.1, 0.15) is 45.1 Å². The number of hydrogen-bond donors (Lipinski definition) is 1. The van der Waals surface area contributed by atoms with Gasteiger partial charge in [-0.3, -0.25) is 9.59 Å². The van der Waals surface area contributed by atoms with Crippen molar-refractivity contribution in [3.05, 3.63) is 58.8 Å². The summed E-state index contributed by atoms with van der Waals surface area (Å²) in [5, 5.41) is 2.94. The van der Waals surface area contributed by atoms with Crippen LogP contribution in [0, 0.1) is 19.7 Å². The lowest BCUT2D eigenvalue weighted by molar-refractivity contribution is 0.0695. The molecular weight excluding hydrogens is 323 g/mol. The smallest absolute Gasteiger partial charge is 0.287 e. The van der Waals surface area contributed by atoms with Gasteiger partial charge in [0.2, 0.25) is 0 Å². The molecule has 0 aliphatic carbocycles. The molecule has 0 radical (unpaired) electrons. The van der Waals surface area contributed by atoms with Gasteiger partial charge >= 0.3 is 0 Å². The second-order valence-electron chi connectivity index (χ2n) is 6.41. The summed E-state index contributed by atoms with van der Waals surface area (Å²) >= 11 is 0. The first-order valence-corrected chi connectivity index (χ1v) is 8.37. The summed E-state index contributed by atoms with van der Waals surface area (Å²) in [6.07, 6.45) is 1.36. The van der Waals surface area contributed by atoms with Crippen molar-refractivity contribution < 1.29 is 18.4 Å². The van der Waals surface area contributed by atoms with Gasteiger partial charge in [0, 0.05) is 24.7 Å². The van der Waals surface area contributed by atoms with E-state index in [0.29, 0.717) is 48.6 Å².